The van der Waals surface area contributed by atoms with Gasteiger partial charge in [-0.15, -0.1) is 0 Å². The van der Waals surface area contributed by atoms with E-state index in [9.17, 15) is 9.59 Å². The van der Waals surface area contributed by atoms with Crippen LogP contribution in [0.4, 0.5) is 5.69 Å². The molecule has 0 aromatic heterocycles. The molecular formula is C15H16ClNO4. The lowest BCUT2D eigenvalue weighted by molar-refractivity contribution is -0.137. The lowest BCUT2D eigenvalue weighted by atomic mass is 10.0. The van der Waals surface area contributed by atoms with Crippen molar-refractivity contribution in [1.29, 1.82) is 0 Å². The van der Waals surface area contributed by atoms with Crippen LogP contribution in [-0.2, 0) is 16.0 Å². The van der Waals surface area contributed by atoms with Crippen LogP contribution < -0.4 is 9.64 Å². The molecule has 5 nitrogen and oxygen atoms in total. The van der Waals surface area contributed by atoms with Crippen LogP contribution in [0.1, 0.15) is 18.4 Å². The highest BCUT2D eigenvalue weighted by atomic mass is 35.5. The van der Waals surface area contributed by atoms with E-state index in [1.165, 1.54) is 0 Å². The van der Waals surface area contributed by atoms with Gasteiger partial charge in [0.1, 0.15) is 5.75 Å². The van der Waals surface area contributed by atoms with E-state index in [4.69, 9.17) is 21.4 Å². The molecule has 0 aliphatic carbocycles. The van der Waals surface area contributed by atoms with E-state index in [2.05, 4.69) is 6.58 Å². The Morgan fingerprint density at radius 1 is 1.43 bits per heavy atom. The van der Waals surface area contributed by atoms with Gasteiger partial charge in [-0.2, -0.15) is 0 Å². The number of carbonyl (C=O) groups excluding carboxylic acids is 1. The Morgan fingerprint density at radius 3 is 2.86 bits per heavy atom. The molecule has 0 bridgehead atoms. The SMILES string of the molecule is C=C(Cl)CN1C(=O)CCc2cc(OCCC(=O)O)ccc21. The summed E-state index contributed by atoms with van der Waals surface area (Å²) in [5.74, 6) is -0.275. The van der Waals surface area contributed by atoms with E-state index < -0.39 is 5.97 Å². The average molecular weight is 310 g/mol. The number of anilines is 1. The summed E-state index contributed by atoms with van der Waals surface area (Å²) < 4.78 is 5.40. The monoisotopic (exact) mass is 309 g/mol. The molecule has 21 heavy (non-hydrogen) atoms. The number of fused-ring (bicyclic) bond motifs is 1. The van der Waals surface area contributed by atoms with Gasteiger partial charge in [-0.05, 0) is 30.2 Å². The van der Waals surface area contributed by atoms with Gasteiger partial charge in [0.2, 0.25) is 5.91 Å². The number of halogens is 1. The first-order valence-electron chi connectivity index (χ1n) is 6.58. The number of rotatable bonds is 6. The number of hydrogen-bond acceptors (Lipinski definition) is 3. The van der Waals surface area contributed by atoms with Gasteiger partial charge in [0.25, 0.3) is 0 Å². The van der Waals surface area contributed by atoms with Crippen LogP contribution in [0.15, 0.2) is 29.8 Å². The van der Waals surface area contributed by atoms with Gasteiger partial charge in [-0.1, -0.05) is 18.2 Å². The molecule has 0 atom stereocenters. The number of hydrogen-bond donors (Lipinski definition) is 1. The lowest BCUT2D eigenvalue weighted by Crippen LogP contribution is -2.35. The predicted molar refractivity (Wildman–Crippen MR) is 79.9 cm³/mol. The Balaban J connectivity index is 2.14. The van der Waals surface area contributed by atoms with Crippen molar-refractivity contribution in [2.45, 2.75) is 19.3 Å². The molecule has 1 aromatic rings. The molecule has 1 N–H and O–H groups in total. The summed E-state index contributed by atoms with van der Waals surface area (Å²) in [5.41, 5.74) is 1.79. The van der Waals surface area contributed by atoms with Crippen LogP contribution in [0, 0.1) is 0 Å². The molecule has 1 heterocycles. The molecule has 0 spiro atoms. The van der Waals surface area contributed by atoms with Crippen molar-refractivity contribution >= 4 is 29.2 Å². The molecule has 1 aromatic carbocycles. The number of aliphatic carboxylic acids is 1. The third kappa shape index (κ3) is 3.98. The van der Waals surface area contributed by atoms with E-state index in [0.29, 0.717) is 23.6 Å². The molecule has 1 amide bonds. The number of nitrogens with zero attached hydrogens (tertiary/aromatic N) is 1. The van der Waals surface area contributed by atoms with Gasteiger partial charge in [-0.3, -0.25) is 9.59 Å². The Labute approximate surface area is 127 Å². The second-order valence-electron chi connectivity index (χ2n) is 4.78. The molecule has 1 aliphatic rings. The summed E-state index contributed by atoms with van der Waals surface area (Å²) in [7, 11) is 0. The van der Waals surface area contributed by atoms with E-state index in [1.807, 2.05) is 6.07 Å². The first-order chi connectivity index (χ1) is 9.97. The average Bonchev–Trinajstić information content (AvgIpc) is 2.41. The molecular weight excluding hydrogens is 294 g/mol. The number of amides is 1. The summed E-state index contributed by atoms with van der Waals surface area (Å²) in [4.78, 5) is 24.0. The molecule has 0 unspecified atom stereocenters. The van der Waals surface area contributed by atoms with Crippen LogP contribution in [0.25, 0.3) is 0 Å². The van der Waals surface area contributed by atoms with E-state index >= 15 is 0 Å². The quantitative estimate of drug-likeness (QED) is 0.877. The molecule has 112 valence electrons. The highest BCUT2D eigenvalue weighted by molar-refractivity contribution is 6.30. The lowest BCUT2D eigenvalue weighted by Gasteiger charge is -2.29. The molecule has 2 rings (SSSR count). The van der Waals surface area contributed by atoms with Crippen molar-refractivity contribution in [2.75, 3.05) is 18.1 Å². The smallest absolute Gasteiger partial charge is 0.306 e. The molecule has 0 saturated carbocycles. The first-order valence-corrected chi connectivity index (χ1v) is 6.96. The summed E-state index contributed by atoms with van der Waals surface area (Å²) in [6.07, 6.45) is 0.999. The fraction of sp³-hybridized carbons (Fsp3) is 0.333. The largest absolute Gasteiger partial charge is 0.493 e. The maximum absolute atomic E-state index is 12.0. The van der Waals surface area contributed by atoms with Gasteiger partial charge in [-0.25, -0.2) is 0 Å². The van der Waals surface area contributed by atoms with Crippen LogP contribution in [0.3, 0.4) is 0 Å². The van der Waals surface area contributed by atoms with Crippen molar-refractivity contribution in [3.63, 3.8) is 0 Å². The van der Waals surface area contributed by atoms with Crippen molar-refractivity contribution in [1.82, 2.24) is 0 Å². The van der Waals surface area contributed by atoms with E-state index in [0.717, 1.165) is 11.3 Å². The van der Waals surface area contributed by atoms with Crippen LogP contribution in [-0.4, -0.2) is 30.1 Å². The second kappa shape index (κ2) is 6.63. The van der Waals surface area contributed by atoms with Gasteiger partial charge >= 0.3 is 5.97 Å². The zero-order valence-electron chi connectivity index (χ0n) is 11.5. The number of carboxylic acids is 1. The Hall–Kier alpha value is -2.01. The minimum absolute atomic E-state index is 0.0174. The third-order valence-electron chi connectivity index (χ3n) is 3.17. The minimum atomic E-state index is -0.898. The maximum atomic E-state index is 12.0. The fourth-order valence-electron chi connectivity index (χ4n) is 2.23. The second-order valence-corrected chi connectivity index (χ2v) is 5.31. The first kappa shape index (κ1) is 15.4. The topological polar surface area (TPSA) is 66.8 Å². The van der Waals surface area contributed by atoms with Gasteiger partial charge in [0, 0.05) is 17.1 Å². The van der Waals surface area contributed by atoms with Crippen molar-refractivity contribution in [3.8, 4) is 5.75 Å². The summed E-state index contributed by atoms with van der Waals surface area (Å²) >= 11 is 5.80. The third-order valence-corrected chi connectivity index (χ3v) is 3.28. The molecule has 1 aliphatic heterocycles. The van der Waals surface area contributed by atoms with E-state index in [-0.39, 0.29) is 25.5 Å². The number of aryl methyl sites for hydroxylation is 1. The highest BCUT2D eigenvalue weighted by Gasteiger charge is 2.24. The molecule has 0 saturated heterocycles. The van der Waals surface area contributed by atoms with Crippen LogP contribution >= 0.6 is 11.6 Å². The normalized spacial score (nSPS) is 13.8. The Bertz CT molecular complexity index is 585. The Morgan fingerprint density at radius 2 is 2.19 bits per heavy atom. The number of carboxylic acid groups (broad SMARTS) is 1. The molecule has 0 fully saturated rings. The highest BCUT2D eigenvalue weighted by Crippen LogP contribution is 2.31. The van der Waals surface area contributed by atoms with E-state index in [1.54, 1.807) is 17.0 Å². The van der Waals surface area contributed by atoms with Gasteiger partial charge < -0.3 is 14.7 Å². The number of carbonyl (C=O) groups is 2. The molecule has 6 heteroatoms. The maximum Gasteiger partial charge on any atom is 0.306 e. The van der Waals surface area contributed by atoms with Crippen LogP contribution in [0.2, 0.25) is 0 Å². The summed E-state index contributed by atoms with van der Waals surface area (Å²) in [6, 6.07) is 5.36. The van der Waals surface area contributed by atoms with Crippen molar-refractivity contribution < 1.29 is 19.4 Å². The zero-order chi connectivity index (χ0) is 15.4. The fourth-order valence-corrected chi connectivity index (χ4v) is 2.35. The standard InChI is InChI=1S/C15H16ClNO4/c1-10(16)9-17-13-4-3-12(21-7-6-15(19)20)8-11(13)2-5-14(17)18/h3-4,8H,1-2,5-7,9H2,(H,19,20). The Kier molecular flexibility index (Phi) is 4.85. The molecule has 0 radical (unpaired) electrons. The minimum Gasteiger partial charge on any atom is -0.493 e. The van der Waals surface area contributed by atoms with Crippen LogP contribution in [0.5, 0.6) is 5.75 Å². The van der Waals surface area contributed by atoms with Gasteiger partial charge in [0.05, 0.1) is 19.6 Å². The zero-order valence-corrected chi connectivity index (χ0v) is 12.2. The van der Waals surface area contributed by atoms with Gasteiger partial charge in [0.15, 0.2) is 0 Å². The number of benzene rings is 1. The summed E-state index contributed by atoms with van der Waals surface area (Å²) in [6.45, 7) is 4.03. The predicted octanol–water partition coefficient (Wildman–Crippen LogP) is 2.57. The van der Waals surface area contributed by atoms with Crippen molar-refractivity contribution in [2.24, 2.45) is 0 Å². The summed E-state index contributed by atoms with van der Waals surface area (Å²) in [5, 5.41) is 8.99. The van der Waals surface area contributed by atoms with Crippen molar-refractivity contribution in [3.05, 3.63) is 35.4 Å². The number of ether oxygens (including phenoxy) is 1.